The summed E-state index contributed by atoms with van der Waals surface area (Å²) in [6.45, 7) is 8.83. The molecule has 0 radical (unpaired) electrons. The zero-order chi connectivity index (χ0) is 20.7. The number of benzene rings is 2. The van der Waals surface area contributed by atoms with Crippen molar-refractivity contribution < 1.29 is 22.6 Å². The van der Waals surface area contributed by atoms with Crippen molar-refractivity contribution in [3.05, 3.63) is 48.0 Å². The first-order chi connectivity index (χ1) is 14.0. The second-order valence-corrected chi connectivity index (χ2v) is 8.42. The SMILES string of the molecule is CCN(CC)CCOc1ccc(CNS(=O)(=O)c2ccc3c(c2)OCCO3)cc1. The van der Waals surface area contributed by atoms with Gasteiger partial charge in [0.2, 0.25) is 10.0 Å². The quantitative estimate of drug-likeness (QED) is 0.637. The molecule has 158 valence electrons. The van der Waals surface area contributed by atoms with Crippen LogP contribution in [0.5, 0.6) is 17.2 Å². The average molecular weight is 421 g/mol. The van der Waals surface area contributed by atoms with E-state index in [0.717, 1.165) is 30.9 Å². The third-order valence-corrected chi connectivity index (χ3v) is 6.18. The lowest BCUT2D eigenvalue weighted by molar-refractivity contribution is 0.171. The zero-order valence-corrected chi connectivity index (χ0v) is 17.7. The lowest BCUT2D eigenvalue weighted by Gasteiger charge is -2.19. The summed E-state index contributed by atoms with van der Waals surface area (Å²) in [5.41, 5.74) is 0.849. The van der Waals surface area contributed by atoms with Gasteiger partial charge in [-0.1, -0.05) is 26.0 Å². The molecule has 0 atom stereocenters. The maximum Gasteiger partial charge on any atom is 0.241 e. The highest BCUT2D eigenvalue weighted by Gasteiger charge is 2.19. The van der Waals surface area contributed by atoms with Crippen LogP contribution in [-0.4, -0.2) is 52.8 Å². The minimum absolute atomic E-state index is 0.151. The number of nitrogens with zero attached hydrogens (tertiary/aromatic N) is 1. The highest BCUT2D eigenvalue weighted by molar-refractivity contribution is 7.89. The van der Waals surface area contributed by atoms with Crippen LogP contribution in [0, 0.1) is 0 Å². The predicted molar refractivity (Wildman–Crippen MR) is 111 cm³/mol. The van der Waals surface area contributed by atoms with Gasteiger partial charge in [0.25, 0.3) is 0 Å². The minimum Gasteiger partial charge on any atom is -0.492 e. The van der Waals surface area contributed by atoms with E-state index in [-0.39, 0.29) is 11.4 Å². The van der Waals surface area contributed by atoms with Crippen molar-refractivity contribution in [2.75, 3.05) is 39.5 Å². The Morgan fingerprint density at radius 1 is 1.00 bits per heavy atom. The van der Waals surface area contributed by atoms with Gasteiger partial charge in [-0.15, -0.1) is 0 Å². The Kier molecular flexibility index (Phi) is 7.35. The monoisotopic (exact) mass is 420 g/mol. The normalized spacial score (nSPS) is 13.5. The molecule has 0 amide bonds. The van der Waals surface area contributed by atoms with Gasteiger partial charge in [-0.2, -0.15) is 0 Å². The third-order valence-electron chi connectivity index (χ3n) is 4.78. The van der Waals surface area contributed by atoms with Gasteiger partial charge >= 0.3 is 0 Å². The molecule has 8 heteroatoms. The molecule has 1 aliphatic rings. The third kappa shape index (κ3) is 5.85. The van der Waals surface area contributed by atoms with Crippen LogP contribution in [0.3, 0.4) is 0 Å². The van der Waals surface area contributed by atoms with E-state index in [1.165, 1.54) is 12.1 Å². The molecule has 0 bridgehead atoms. The zero-order valence-electron chi connectivity index (χ0n) is 16.9. The smallest absolute Gasteiger partial charge is 0.241 e. The Bertz CT molecular complexity index is 896. The van der Waals surface area contributed by atoms with Crippen LogP contribution in [0.2, 0.25) is 0 Å². The van der Waals surface area contributed by atoms with Gasteiger partial charge in [0, 0.05) is 19.2 Å². The Balaban J connectivity index is 1.54. The summed E-state index contributed by atoms with van der Waals surface area (Å²) in [5.74, 6) is 1.78. The highest BCUT2D eigenvalue weighted by Crippen LogP contribution is 2.32. The van der Waals surface area contributed by atoms with Crippen molar-refractivity contribution in [2.45, 2.75) is 25.3 Å². The van der Waals surface area contributed by atoms with Crippen LogP contribution in [0.15, 0.2) is 47.4 Å². The first kappa shape index (κ1) is 21.4. The number of sulfonamides is 1. The highest BCUT2D eigenvalue weighted by atomic mass is 32.2. The molecule has 29 heavy (non-hydrogen) atoms. The molecule has 1 heterocycles. The molecule has 2 aromatic carbocycles. The van der Waals surface area contributed by atoms with Crippen LogP contribution in [0.25, 0.3) is 0 Å². The first-order valence-corrected chi connectivity index (χ1v) is 11.3. The second kappa shape index (κ2) is 9.96. The van der Waals surface area contributed by atoms with Crippen LogP contribution in [-0.2, 0) is 16.6 Å². The van der Waals surface area contributed by atoms with Crippen molar-refractivity contribution in [2.24, 2.45) is 0 Å². The summed E-state index contributed by atoms with van der Waals surface area (Å²) >= 11 is 0. The van der Waals surface area contributed by atoms with E-state index < -0.39 is 10.0 Å². The molecule has 1 aliphatic heterocycles. The number of rotatable bonds is 10. The minimum atomic E-state index is -3.65. The Labute approximate surface area is 172 Å². The molecule has 0 unspecified atom stereocenters. The number of nitrogens with one attached hydrogen (secondary N) is 1. The van der Waals surface area contributed by atoms with E-state index in [2.05, 4.69) is 23.5 Å². The predicted octanol–water partition coefficient (Wildman–Crippen LogP) is 2.66. The second-order valence-electron chi connectivity index (χ2n) is 6.65. The summed E-state index contributed by atoms with van der Waals surface area (Å²) in [7, 11) is -3.65. The van der Waals surface area contributed by atoms with Crippen LogP contribution < -0.4 is 18.9 Å². The molecule has 0 saturated heterocycles. The molecule has 0 fully saturated rings. The van der Waals surface area contributed by atoms with Crippen LogP contribution in [0.4, 0.5) is 0 Å². The average Bonchev–Trinajstić information content (AvgIpc) is 2.76. The molecule has 3 rings (SSSR count). The van der Waals surface area contributed by atoms with E-state index in [1.54, 1.807) is 6.07 Å². The molecule has 0 spiro atoms. The molecular formula is C21H28N2O5S. The van der Waals surface area contributed by atoms with Gasteiger partial charge in [-0.3, -0.25) is 0 Å². The Morgan fingerprint density at radius 3 is 2.38 bits per heavy atom. The van der Waals surface area contributed by atoms with Crippen molar-refractivity contribution in [1.29, 1.82) is 0 Å². The van der Waals surface area contributed by atoms with E-state index in [0.29, 0.717) is 31.3 Å². The van der Waals surface area contributed by atoms with Crippen molar-refractivity contribution in [3.63, 3.8) is 0 Å². The Morgan fingerprint density at radius 2 is 1.69 bits per heavy atom. The van der Waals surface area contributed by atoms with Crippen molar-refractivity contribution in [3.8, 4) is 17.2 Å². The first-order valence-electron chi connectivity index (χ1n) is 9.85. The fourth-order valence-electron chi connectivity index (χ4n) is 2.99. The van der Waals surface area contributed by atoms with Crippen LogP contribution in [0.1, 0.15) is 19.4 Å². The molecule has 2 aromatic rings. The molecule has 1 N–H and O–H groups in total. The molecule has 7 nitrogen and oxygen atoms in total. The fraction of sp³-hybridized carbons (Fsp3) is 0.429. The maximum atomic E-state index is 12.6. The number of ether oxygens (including phenoxy) is 3. The summed E-state index contributed by atoms with van der Waals surface area (Å²) in [5, 5.41) is 0. The van der Waals surface area contributed by atoms with E-state index in [1.807, 2.05) is 24.3 Å². The van der Waals surface area contributed by atoms with Gasteiger partial charge in [0.05, 0.1) is 4.90 Å². The topological polar surface area (TPSA) is 77.1 Å². The number of hydrogen-bond donors (Lipinski definition) is 1. The van der Waals surface area contributed by atoms with Gasteiger partial charge in [-0.25, -0.2) is 13.1 Å². The largest absolute Gasteiger partial charge is 0.492 e. The molecule has 0 aromatic heterocycles. The summed E-state index contributed by atoms with van der Waals surface area (Å²) in [6, 6.07) is 12.1. The molecular weight excluding hydrogens is 392 g/mol. The van der Waals surface area contributed by atoms with Gasteiger partial charge < -0.3 is 19.1 Å². The van der Waals surface area contributed by atoms with E-state index in [4.69, 9.17) is 14.2 Å². The van der Waals surface area contributed by atoms with Crippen LogP contribution >= 0.6 is 0 Å². The standard InChI is InChI=1S/C21H28N2O5S/c1-3-23(4-2)11-12-26-18-7-5-17(6-8-18)16-22-29(24,25)19-9-10-20-21(15-19)28-14-13-27-20/h5-10,15,22H,3-4,11-14,16H2,1-2H3. The van der Waals surface area contributed by atoms with Gasteiger partial charge in [-0.05, 0) is 42.9 Å². The van der Waals surface area contributed by atoms with Crippen molar-refractivity contribution in [1.82, 2.24) is 9.62 Å². The maximum absolute atomic E-state index is 12.6. The summed E-state index contributed by atoms with van der Waals surface area (Å²) in [4.78, 5) is 2.44. The Hall–Kier alpha value is -2.29. The molecule has 0 aliphatic carbocycles. The number of hydrogen-bond acceptors (Lipinski definition) is 6. The number of fused-ring (bicyclic) bond motifs is 1. The molecule has 0 saturated carbocycles. The van der Waals surface area contributed by atoms with E-state index >= 15 is 0 Å². The summed E-state index contributed by atoms with van der Waals surface area (Å²) < 4.78 is 44.4. The fourth-order valence-corrected chi connectivity index (χ4v) is 4.02. The van der Waals surface area contributed by atoms with E-state index in [9.17, 15) is 8.42 Å². The summed E-state index contributed by atoms with van der Waals surface area (Å²) in [6.07, 6.45) is 0. The number of likely N-dealkylation sites (N-methyl/N-ethyl adjacent to an activating group) is 1. The van der Waals surface area contributed by atoms with Gasteiger partial charge in [0.15, 0.2) is 11.5 Å². The van der Waals surface area contributed by atoms with Crippen molar-refractivity contribution >= 4 is 10.0 Å². The lowest BCUT2D eigenvalue weighted by atomic mass is 10.2. The van der Waals surface area contributed by atoms with Gasteiger partial charge in [0.1, 0.15) is 25.6 Å². The lowest BCUT2D eigenvalue weighted by Crippen LogP contribution is -2.27.